The second-order valence-electron chi connectivity index (χ2n) is 5.90. The third-order valence-electron chi connectivity index (χ3n) is 4.63. The minimum atomic E-state index is 0.927. The Bertz CT molecular complexity index is 181. The minimum absolute atomic E-state index is 0.927. The first-order valence-electron chi connectivity index (χ1n) is 5.96. The Morgan fingerprint density at radius 1 is 1.00 bits per heavy atom. The van der Waals surface area contributed by atoms with Crippen molar-refractivity contribution in [2.24, 2.45) is 29.6 Å². The fourth-order valence-electron chi connectivity index (χ4n) is 4.53. The van der Waals surface area contributed by atoms with E-state index in [9.17, 15) is 0 Å². The van der Waals surface area contributed by atoms with Crippen LogP contribution in [0.25, 0.3) is 0 Å². The molecule has 1 nitrogen and oxygen atoms in total. The van der Waals surface area contributed by atoms with E-state index in [2.05, 4.69) is 18.7 Å². The molecule has 4 rings (SSSR count). The lowest BCUT2D eigenvalue weighted by Crippen LogP contribution is -2.58. The SMILES string of the molecule is CC(C)C1[C@@H]2CC3C[C@@H]1CN(C3)C2. The van der Waals surface area contributed by atoms with Gasteiger partial charge in [0, 0.05) is 19.6 Å². The maximum atomic E-state index is 2.73. The molecule has 3 heterocycles. The van der Waals surface area contributed by atoms with Crippen LogP contribution in [0.5, 0.6) is 0 Å². The Labute approximate surface area is 81.5 Å². The molecule has 74 valence electrons. The first kappa shape index (κ1) is 8.28. The third kappa shape index (κ3) is 1.16. The molecule has 3 saturated heterocycles. The van der Waals surface area contributed by atoms with Crippen molar-refractivity contribution in [3.8, 4) is 0 Å². The molecule has 1 heteroatoms. The van der Waals surface area contributed by atoms with Gasteiger partial charge in [0.2, 0.25) is 0 Å². The number of rotatable bonds is 1. The van der Waals surface area contributed by atoms with Gasteiger partial charge in [0.25, 0.3) is 0 Å². The van der Waals surface area contributed by atoms with Gasteiger partial charge in [-0.3, -0.25) is 0 Å². The van der Waals surface area contributed by atoms with Crippen molar-refractivity contribution in [1.29, 1.82) is 0 Å². The van der Waals surface area contributed by atoms with E-state index < -0.39 is 0 Å². The highest BCUT2D eigenvalue weighted by Crippen LogP contribution is 2.49. The molecule has 4 fully saturated rings. The van der Waals surface area contributed by atoms with Gasteiger partial charge in [-0.05, 0) is 42.4 Å². The predicted octanol–water partition coefficient (Wildman–Crippen LogP) is 2.23. The molecule has 0 unspecified atom stereocenters. The molecule has 0 aromatic carbocycles. The van der Waals surface area contributed by atoms with Crippen LogP contribution in [0.1, 0.15) is 26.7 Å². The van der Waals surface area contributed by atoms with E-state index in [-0.39, 0.29) is 0 Å². The predicted molar refractivity (Wildman–Crippen MR) is 54.5 cm³/mol. The van der Waals surface area contributed by atoms with Crippen molar-refractivity contribution < 1.29 is 0 Å². The standard InChI is InChI=1S/C12H21N/c1-8(2)12-10-3-9-4-11(12)7-13(5-9)6-10/h8-12H,3-7H2,1-2H3/t9?,10-,11-,12?/m1/s1. The lowest BCUT2D eigenvalue weighted by Gasteiger charge is -2.57. The first-order chi connectivity index (χ1) is 6.24. The van der Waals surface area contributed by atoms with Crippen LogP contribution in [-0.4, -0.2) is 24.5 Å². The van der Waals surface area contributed by atoms with Gasteiger partial charge in [-0.25, -0.2) is 0 Å². The maximum Gasteiger partial charge on any atom is 0.00129 e. The van der Waals surface area contributed by atoms with Crippen molar-refractivity contribution in [1.82, 2.24) is 4.90 Å². The highest BCUT2D eigenvalue weighted by Gasteiger charge is 2.47. The first-order valence-corrected chi connectivity index (χ1v) is 5.96. The fourth-order valence-corrected chi connectivity index (χ4v) is 4.53. The molecule has 4 aliphatic rings. The molecule has 1 saturated carbocycles. The van der Waals surface area contributed by atoms with Crippen LogP contribution in [0.4, 0.5) is 0 Å². The molecular formula is C12H21N. The van der Waals surface area contributed by atoms with Crippen LogP contribution in [0.2, 0.25) is 0 Å². The van der Waals surface area contributed by atoms with E-state index in [1.165, 1.54) is 19.6 Å². The molecule has 1 aliphatic carbocycles. The molecule has 3 aliphatic heterocycles. The van der Waals surface area contributed by atoms with Crippen molar-refractivity contribution in [2.75, 3.05) is 19.6 Å². The van der Waals surface area contributed by atoms with Gasteiger partial charge < -0.3 is 4.90 Å². The van der Waals surface area contributed by atoms with Gasteiger partial charge in [-0.2, -0.15) is 0 Å². The van der Waals surface area contributed by atoms with Crippen molar-refractivity contribution >= 4 is 0 Å². The van der Waals surface area contributed by atoms with Gasteiger partial charge in [0.1, 0.15) is 0 Å². The van der Waals surface area contributed by atoms with E-state index in [0.717, 1.165) is 29.6 Å². The molecule has 4 bridgehead atoms. The van der Waals surface area contributed by atoms with Crippen LogP contribution in [-0.2, 0) is 0 Å². The smallest absolute Gasteiger partial charge is 0.00129 e. The van der Waals surface area contributed by atoms with Crippen molar-refractivity contribution in [3.63, 3.8) is 0 Å². The summed E-state index contributed by atoms with van der Waals surface area (Å²) in [7, 11) is 0. The Balaban J connectivity index is 1.85. The molecule has 0 N–H and O–H groups in total. The molecule has 0 aromatic heterocycles. The zero-order valence-corrected chi connectivity index (χ0v) is 8.87. The highest BCUT2D eigenvalue weighted by atomic mass is 15.2. The molecule has 0 aromatic rings. The number of piperidine rings is 3. The van der Waals surface area contributed by atoms with Gasteiger partial charge in [-0.15, -0.1) is 0 Å². The summed E-state index contributed by atoms with van der Waals surface area (Å²) in [6, 6.07) is 0. The number of hydrogen-bond donors (Lipinski definition) is 0. The lowest BCUT2D eigenvalue weighted by atomic mass is 9.59. The monoisotopic (exact) mass is 179 g/mol. The Hall–Kier alpha value is -0.0400. The second-order valence-corrected chi connectivity index (χ2v) is 5.90. The lowest BCUT2D eigenvalue weighted by molar-refractivity contribution is -0.0797. The molecular weight excluding hydrogens is 158 g/mol. The summed E-state index contributed by atoms with van der Waals surface area (Å²) in [6.45, 7) is 9.15. The Morgan fingerprint density at radius 3 is 2.08 bits per heavy atom. The fraction of sp³-hybridized carbons (Fsp3) is 1.00. The summed E-state index contributed by atoms with van der Waals surface area (Å²) in [5.74, 6) is 5.19. The Morgan fingerprint density at radius 2 is 1.62 bits per heavy atom. The summed E-state index contributed by atoms with van der Waals surface area (Å²) in [5, 5.41) is 0. The van der Waals surface area contributed by atoms with Crippen LogP contribution < -0.4 is 0 Å². The minimum Gasteiger partial charge on any atom is -0.302 e. The number of hydrogen-bond acceptors (Lipinski definition) is 1. The van der Waals surface area contributed by atoms with E-state index in [1.807, 2.05) is 0 Å². The summed E-state index contributed by atoms with van der Waals surface area (Å²) in [6.07, 6.45) is 3.10. The molecule has 13 heavy (non-hydrogen) atoms. The van der Waals surface area contributed by atoms with E-state index in [4.69, 9.17) is 0 Å². The summed E-state index contributed by atoms with van der Waals surface area (Å²) in [4.78, 5) is 2.73. The van der Waals surface area contributed by atoms with Gasteiger partial charge >= 0.3 is 0 Å². The molecule has 0 spiro atoms. The average molecular weight is 179 g/mol. The molecule has 2 atom stereocenters. The Kier molecular flexibility index (Phi) is 1.74. The van der Waals surface area contributed by atoms with Crippen LogP contribution in [0, 0.1) is 29.6 Å². The van der Waals surface area contributed by atoms with E-state index in [0.29, 0.717) is 0 Å². The topological polar surface area (TPSA) is 3.24 Å². The zero-order valence-electron chi connectivity index (χ0n) is 8.87. The highest BCUT2D eigenvalue weighted by molar-refractivity contribution is 4.99. The average Bonchev–Trinajstić information content (AvgIpc) is 2.00. The summed E-state index contributed by atoms with van der Waals surface area (Å²) < 4.78 is 0. The second kappa shape index (κ2) is 2.73. The van der Waals surface area contributed by atoms with Gasteiger partial charge in [0.15, 0.2) is 0 Å². The number of nitrogens with zero attached hydrogens (tertiary/aromatic N) is 1. The maximum absolute atomic E-state index is 2.73. The van der Waals surface area contributed by atoms with E-state index >= 15 is 0 Å². The van der Waals surface area contributed by atoms with Gasteiger partial charge in [-0.1, -0.05) is 13.8 Å². The van der Waals surface area contributed by atoms with Crippen LogP contribution >= 0.6 is 0 Å². The third-order valence-corrected chi connectivity index (χ3v) is 4.63. The summed E-state index contributed by atoms with van der Waals surface area (Å²) in [5.41, 5.74) is 0. The van der Waals surface area contributed by atoms with Crippen LogP contribution in [0.3, 0.4) is 0 Å². The van der Waals surface area contributed by atoms with Crippen molar-refractivity contribution in [3.05, 3.63) is 0 Å². The normalized spacial score (nSPS) is 53.3. The molecule has 0 amide bonds. The molecule has 0 radical (unpaired) electrons. The summed E-state index contributed by atoms with van der Waals surface area (Å²) >= 11 is 0. The van der Waals surface area contributed by atoms with Crippen molar-refractivity contribution in [2.45, 2.75) is 26.7 Å². The zero-order chi connectivity index (χ0) is 9.00. The largest absolute Gasteiger partial charge is 0.302 e. The van der Waals surface area contributed by atoms with E-state index in [1.54, 1.807) is 12.8 Å². The van der Waals surface area contributed by atoms with Gasteiger partial charge in [0.05, 0.1) is 0 Å². The van der Waals surface area contributed by atoms with Crippen LogP contribution in [0.15, 0.2) is 0 Å². The quantitative estimate of drug-likeness (QED) is 0.596.